The Bertz CT molecular complexity index is 689. The van der Waals surface area contributed by atoms with Gasteiger partial charge in [-0.05, 0) is 60.8 Å². The molecule has 3 nitrogen and oxygen atoms in total. The second-order valence-corrected chi connectivity index (χ2v) is 8.84. The van der Waals surface area contributed by atoms with E-state index in [1.807, 2.05) is 6.07 Å². The smallest absolute Gasteiger partial charge is 0.117 e. The predicted molar refractivity (Wildman–Crippen MR) is 108 cm³/mol. The van der Waals surface area contributed by atoms with Crippen LogP contribution in [-0.2, 0) is 6.54 Å². The van der Waals surface area contributed by atoms with Gasteiger partial charge in [0.2, 0.25) is 0 Å². The number of para-hydroxylation sites is 1. The zero-order valence-corrected chi connectivity index (χ0v) is 16.3. The van der Waals surface area contributed by atoms with E-state index >= 15 is 0 Å². The van der Waals surface area contributed by atoms with Crippen molar-refractivity contribution in [3.8, 4) is 0 Å². The van der Waals surface area contributed by atoms with Gasteiger partial charge in [-0.2, -0.15) is 0 Å². The standard InChI is InChI=1S/C23H32N2O/c1-23(2)11-9-19(10-12-23)21-7-3-4-8-22(21)25-15-13-24(14-16-25)18-20-6-5-17-26-20/h3-8,17,19H,9-16,18H2,1-2H3. The summed E-state index contributed by atoms with van der Waals surface area (Å²) in [6.07, 6.45) is 7.14. The fourth-order valence-electron chi connectivity index (χ4n) is 4.60. The molecule has 1 aromatic carbocycles. The van der Waals surface area contributed by atoms with Gasteiger partial charge in [-0.15, -0.1) is 0 Å². The van der Waals surface area contributed by atoms with Crippen molar-refractivity contribution < 1.29 is 4.42 Å². The first-order valence-electron chi connectivity index (χ1n) is 10.2. The lowest BCUT2D eigenvalue weighted by Gasteiger charge is -2.39. The van der Waals surface area contributed by atoms with Crippen molar-refractivity contribution in [3.05, 3.63) is 54.0 Å². The molecule has 0 bridgehead atoms. The highest BCUT2D eigenvalue weighted by Gasteiger charge is 2.30. The van der Waals surface area contributed by atoms with Crippen molar-refractivity contribution in [2.75, 3.05) is 31.1 Å². The summed E-state index contributed by atoms with van der Waals surface area (Å²) in [5.41, 5.74) is 3.60. The number of anilines is 1. The summed E-state index contributed by atoms with van der Waals surface area (Å²) in [7, 11) is 0. The average molecular weight is 353 g/mol. The van der Waals surface area contributed by atoms with E-state index in [2.05, 4.69) is 54.0 Å². The maximum atomic E-state index is 5.51. The lowest BCUT2D eigenvalue weighted by Crippen LogP contribution is -2.46. The Morgan fingerprint density at radius 1 is 0.962 bits per heavy atom. The van der Waals surface area contributed by atoms with Crippen molar-refractivity contribution >= 4 is 5.69 Å². The third-order valence-corrected chi connectivity index (χ3v) is 6.39. The van der Waals surface area contributed by atoms with E-state index in [1.165, 1.54) is 31.4 Å². The van der Waals surface area contributed by atoms with Crippen LogP contribution in [0.3, 0.4) is 0 Å². The number of hydrogen-bond donors (Lipinski definition) is 0. The van der Waals surface area contributed by atoms with Crippen LogP contribution >= 0.6 is 0 Å². The molecule has 1 aliphatic heterocycles. The highest BCUT2D eigenvalue weighted by atomic mass is 16.3. The van der Waals surface area contributed by atoms with Gasteiger partial charge in [-0.1, -0.05) is 32.0 Å². The quantitative estimate of drug-likeness (QED) is 0.746. The molecule has 1 aliphatic carbocycles. The Kier molecular flexibility index (Phi) is 5.08. The molecule has 0 atom stereocenters. The van der Waals surface area contributed by atoms with Gasteiger partial charge in [0, 0.05) is 31.9 Å². The van der Waals surface area contributed by atoms with Crippen LogP contribution in [-0.4, -0.2) is 31.1 Å². The lowest BCUT2D eigenvalue weighted by atomic mass is 9.71. The van der Waals surface area contributed by atoms with Crippen LogP contribution in [0.25, 0.3) is 0 Å². The number of rotatable bonds is 4. The molecule has 0 N–H and O–H groups in total. The van der Waals surface area contributed by atoms with Gasteiger partial charge in [0.25, 0.3) is 0 Å². The molecular weight excluding hydrogens is 320 g/mol. The molecule has 2 aliphatic rings. The Morgan fingerprint density at radius 3 is 2.38 bits per heavy atom. The second-order valence-electron chi connectivity index (χ2n) is 8.84. The monoisotopic (exact) mass is 352 g/mol. The first-order valence-corrected chi connectivity index (χ1v) is 10.2. The van der Waals surface area contributed by atoms with Gasteiger partial charge in [0.05, 0.1) is 12.8 Å². The highest BCUT2D eigenvalue weighted by Crippen LogP contribution is 2.44. The summed E-state index contributed by atoms with van der Waals surface area (Å²) >= 11 is 0. The Labute approximate surface area is 158 Å². The molecule has 1 saturated heterocycles. The maximum absolute atomic E-state index is 5.51. The van der Waals surface area contributed by atoms with E-state index in [0.29, 0.717) is 5.41 Å². The number of nitrogens with zero attached hydrogens (tertiary/aromatic N) is 2. The van der Waals surface area contributed by atoms with Crippen LogP contribution in [0.2, 0.25) is 0 Å². The van der Waals surface area contributed by atoms with E-state index < -0.39 is 0 Å². The minimum Gasteiger partial charge on any atom is -0.468 e. The Morgan fingerprint density at radius 2 is 1.69 bits per heavy atom. The van der Waals surface area contributed by atoms with Gasteiger partial charge in [-0.25, -0.2) is 0 Å². The largest absolute Gasteiger partial charge is 0.468 e. The van der Waals surface area contributed by atoms with E-state index in [1.54, 1.807) is 11.8 Å². The van der Waals surface area contributed by atoms with Gasteiger partial charge < -0.3 is 9.32 Å². The lowest BCUT2D eigenvalue weighted by molar-refractivity contribution is 0.222. The zero-order valence-electron chi connectivity index (χ0n) is 16.3. The minimum atomic E-state index is 0.531. The van der Waals surface area contributed by atoms with Crippen LogP contribution in [0.5, 0.6) is 0 Å². The Hall–Kier alpha value is -1.74. The van der Waals surface area contributed by atoms with E-state index in [-0.39, 0.29) is 0 Å². The van der Waals surface area contributed by atoms with Crippen molar-refractivity contribution in [2.24, 2.45) is 5.41 Å². The summed E-state index contributed by atoms with van der Waals surface area (Å²) in [5.74, 6) is 1.81. The van der Waals surface area contributed by atoms with Crippen LogP contribution < -0.4 is 4.90 Å². The first-order chi connectivity index (χ1) is 12.6. The second kappa shape index (κ2) is 7.48. The minimum absolute atomic E-state index is 0.531. The van der Waals surface area contributed by atoms with Crippen molar-refractivity contribution in [1.82, 2.24) is 4.90 Å². The van der Waals surface area contributed by atoms with E-state index in [0.717, 1.165) is 44.4 Å². The molecule has 1 aromatic heterocycles. The molecule has 26 heavy (non-hydrogen) atoms. The van der Waals surface area contributed by atoms with Crippen molar-refractivity contribution in [3.63, 3.8) is 0 Å². The molecule has 2 aromatic rings. The normalized spacial score (nSPS) is 21.8. The molecule has 0 spiro atoms. The average Bonchev–Trinajstić information content (AvgIpc) is 3.16. The summed E-state index contributed by atoms with van der Waals surface area (Å²) in [4.78, 5) is 5.11. The van der Waals surface area contributed by atoms with E-state index in [4.69, 9.17) is 4.42 Å². The first kappa shape index (κ1) is 17.7. The summed E-state index contributed by atoms with van der Waals surface area (Å²) in [5, 5.41) is 0. The number of piperazine rings is 1. The zero-order chi connectivity index (χ0) is 18.0. The Balaban J connectivity index is 1.41. The molecule has 1 saturated carbocycles. The third kappa shape index (κ3) is 3.98. The summed E-state index contributed by atoms with van der Waals surface area (Å²) < 4.78 is 5.51. The topological polar surface area (TPSA) is 19.6 Å². The fraction of sp³-hybridized carbons (Fsp3) is 0.565. The third-order valence-electron chi connectivity index (χ3n) is 6.39. The van der Waals surface area contributed by atoms with Gasteiger partial charge >= 0.3 is 0 Å². The van der Waals surface area contributed by atoms with E-state index in [9.17, 15) is 0 Å². The van der Waals surface area contributed by atoms with Crippen LogP contribution in [0.4, 0.5) is 5.69 Å². The molecule has 2 heterocycles. The number of benzene rings is 1. The SMILES string of the molecule is CC1(C)CCC(c2ccccc2N2CCN(Cc3ccco3)CC2)CC1. The van der Waals surface area contributed by atoms with Gasteiger partial charge in [-0.3, -0.25) is 4.90 Å². The summed E-state index contributed by atoms with van der Waals surface area (Å²) in [6.45, 7) is 10.2. The van der Waals surface area contributed by atoms with Gasteiger partial charge in [0.1, 0.15) is 5.76 Å². The molecule has 0 amide bonds. The molecule has 2 fully saturated rings. The predicted octanol–water partition coefficient (Wildman–Crippen LogP) is 5.29. The van der Waals surface area contributed by atoms with Crippen LogP contribution in [0, 0.1) is 5.41 Å². The molecule has 0 unspecified atom stereocenters. The highest BCUT2D eigenvalue weighted by molar-refractivity contribution is 5.55. The molecular formula is C23H32N2O. The number of furan rings is 1. The van der Waals surface area contributed by atoms with Gasteiger partial charge in [0.15, 0.2) is 0 Å². The fourth-order valence-corrected chi connectivity index (χ4v) is 4.60. The number of hydrogen-bond acceptors (Lipinski definition) is 3. The molecule has 0 radical (unpaired) electrons. The molecule has 140 valence electrons. The van der Waals surface area contributed by atoms with Crippen molar-refractivity contribution in [1.29, 1.82) is 0 Å². The van der Waals surface area contributed by atoms with Crippen LogP contribution in [0.1, 0.15) is 56.8 Å². The van der Waals surface area contributed by atoms with Crippen molar-refractivity contribution in [2.45, 2.75) is 52.0 Å². The molecule has 4 rings (SSSR count). The maximum Gasteiger partial charge on any atom is 0.117 e. The van der Waals surface area contributed by atoms with Crippen LogP contribution in [0.15, 0.2) is 47.1 Å². The summed E-state index contributed by atoms with van der Waals surface area (Å²) in [6, 6.07) is 13.2. The molecule has 3 heteroatoms.